The van der Waals surface area contributed by atoms with Gasteiger partial charge in [0, 0.05) is 5.56 Å². The van der Waals surface area contributed by atoms with Gasteiger partial charge in [-0.15, -0.1) is 0 Å². The third kappa shape index (κ3) is 3.13. The first-order chi connectivity index (χ1) is 6.65. The fraction of sp³-hybridized carbons (Fsp3) is 0.455. The molecule has 0 aromatic carbocycles. The Hall–Kier alpha value is -0.290. The number of rotatable bonds is 4. The van der Waals surface area contributed by atoms with Gasteiger partial charge in [-0.3, -0.25) is 0 Å². The maximum atomic E-state index is 9.84. The van der Waals surface area contributed by atoms with Gasteiger partial charge in [-0.2, -0.15) is 0 Å². The number of halogens is 1. The van der Waals surface area contributed by atoms with Crippen molar-refractivity contribution in [3.05, 3.63) is 33.3 Å². The molecule has 0 unspecified atom stereocenters. The van der Waals surface area contributed by atoms with Crippen LogP contribution in [0, 0.1) is 3.57 Å². The van der Waals surface area contributed by atoms with Crippen LogP contribution in [0.4, 0.5) is 0 Å². The molecular weight excluding hydrogens is 291 g/mol. The maximum Gasteiger partial charge on any atom is 0.104 e. The minimum absolute atomic E-state index is 0.407. The van der Waals surface area contributed by atoms with Gasteiger partial charge >= 0.3 is 0 Å². The van der Waals surface area contributed by atoms with Gasteiger partial charge in [0.25, 0.3) is 0 Å². The lowest BCUT2D eigenvalue weighted by molar-refractivity contribution is 0.166. The van der Waals surface area contributed by atoms with E-state index in [1.54, 1.807) is 12.5 Å². The highest BCUT2D eigenvalue weighted by Gasteiger charge is 2.12. The summed E-state index contributed by atoms with van der Waals surface area (Å²) in [5.41, 5.74) is 2.21. The van der Waals surface area contributed by atoms with Crippen LogP contribution < -0.4 is 0 Å². The average Bonchev–Trinajstić information content (AvgIpc) is 2.60. The number of aliphatic hydroxyl groups excluding tert-OH is 1. The van der Waals surface area contributed by atoms with Crippen molar-refractivity contribution in [1.29, 1.82) is 0 Å². The minimum atomic E-state index is -0.407. The molecule has 1 heterocycles. The van der Waals surface area contributed by atoms with Crippen molar-refractivity contribution in [3.63, 3.8) is 0 Å². The summed E-state index contributed by atoms with van der Waals surface area (Å²) in [4.78, 5) is 0. The molecule has 0 aliphatic carbocycles. The molecule has 0 bridgehead atoms. The van der Waals surface area contributed by atoms with Crippen LogP contribution in [0.3, 0.4) is 0 Å². The molecule has 1 rings (SSSR count). The summed E-state index contributed by atoms with van der Waals surface area (Å²) in [6, 6.07) is 0. The SMILES string of the molecule is C/C=C(\C)CC[C@H](O)c1cocc1I. The first-order valence-electron chi connectivity index (χ1n) is 4.66. The summed E-state index contributed by atoms with van der Waals surface area (Å²) in [5, 5.41) is 9.84. The molecule has 2 nitrogen and oxygen atoms in total. The smallest absolute Gasteiger partial charge is 0.104 e. The van der Waals surface area contributed by atoms with Crippen molar-refractivity contribution < 1.29 is 9.52 Å². The van der Waals surface area contributed by atoms with Crippen LogP contribution in [0.25, 0.3) is 0 Å². The highest BCUT2D eigenvalue weighted by atomic mass is 127. The Morgan fingerprint density at radius 2 is 2.36 bits per heavy atom. The van der Waals surface area contributed by atoms with E-state index in [1.807, 2.05) is 6.92 Å². The molecule has 0 aliphatic rings. The zero-order chi connectivity index (χ0) is 10.6. The Bertz CT molecular complexity index is 315. The lowest BCUT2D eigenvalue weighted by Gasteiger charge is -2.08. The van der Waals surface area contributed by atoms with Crippen LogP contribution in [0.1, 0.15) is 38.4 Å². The summed E-state index contributed by atoms with van der Waals surface area (Å²) in [6.07, 6.45) is 6.63. The summed E-state index contributed by atoms with van der Waals surface area (Å²) >= 11 is 2.17. The Balaban J connectivity index is 2.51. The van der Waals surface area contributed by atoms with E-state index in [0.717, 1.165) is 22.0 Å². The van der Waals surface area contributed by atoms with Crippen LogP contribution in [0.2, 0.25) is 0 Å². The topological polar surface area (TPSA) is 33.4 Å². The molecule has 0 spiro atoms. The Labute approximate surface area is 98.1 Å². The van der Waals surface area contributed by atoms with Gasteiger partial charge in [0.1, 0.15) is 6.26 Å². The highest BCUT2D eigenvalue weighted by Crippen LogP contribution is 2.25. The number of hydrogen-bond donors (Lipinski definition) is 1. The van der Waals surface area contributed by atoms with E-state index < -0.39 is 6.10 Å². The van der Waals surface area contributed by atoms with Crippen molar-refractivity contribution in [3.8, 4) is 0 Å². The van der Waals surface area contributed by atoms with Crippen molar-refractivity contribution in [2.24, 2.45) is 0 Å². The van der Waals surface area contributed by atoms with E-state index in [-0.39, 0.29) is 0 Å². The van der Waals surface area contributed by atoms with Gasteiger partial charge in [0.2, 0.25) is 0 Å². The molecule has 1 atom stereocenters. The number of aliphatic hydroxyl groups is 1. The summed E-state index contributed by atoms with van der Waals surface area (Å²) in [6.45, 7) is 4.09. The van der Waals surface area contributed by atoms with E-state index in [4.69, 9.17) is 4.42 Å². The average molecular weight is 306 g/mol. The third-order valence-electron chi connectivity index (χ3n) is 2.31. The normalized spacial score (nSPS) is 14.4. The van der Waals surface area contributed by atoms with Gasteiger partial charge in [-0.1, -0.05) is 11.6 Å². The van der Waals surface area contributed by atoms with E-state index in [9.17, 15) is 5.11 Å². The quantitative estimate of drug-likeness (QED) is 0.680. The minimum Gasteiger partial charge on any atom is -0.471 e. The molecule has 1 aromatic rings. The Morgan fingerprint density at radius 1 is 1.64 bits per heavy atom. The molecule has 0 amide bonds. The van der Waals surface area contributed by atoms with E-state index in [0.29, 0.717) is 0 Å². The van der Waals surface area contributed by atoms with Gasteiger partial charge in [-0.25, -0.2) is 0 Å². The predicted molar refractivity (Wildman–Crippen MR) is 65.0 cm³/mol. The standard InChI is InChI=1S/C11H15IO2/c1-3-8(2)4-5-11(13)9-6-14-7-10(9)12/h3,6-7,11,13H,4-5H2,1-2H3/b8-3+/t11-/m0/s1. The van der Waals surface area contributed by atoms with Gasteiger partial charge in [0.15, 0.2) is 0 Å². The first-order valence-corrected chi connectivity index (χ1v) is 5.74. The molecule has 0 saturated heterocycles. The van der Waals surface area contributed by atoms with Crippen molar-refractivity contribution >= 4 is 22.6 Å². The summed E-state index contributed by atoms with van der Waals surface area (Å²) in [5.74, 6) is 0. The molecule has 0 radical (unpaired) electrons. The van der Waals surface area contributed by atoms with E-state index >= 15 is 0 Å². The van der Waals surface area contributed by atoms with Gasteiger partial charge in [-0.05, 0) is 49.3 Å². The second-order valence-corrected chi connectivity index (χ2v) is 4.53. The number of allylic oxidation sites excluding steroid dienone is 2. The lowest BCUT2D eigenvalue weighted by Crippen LogP contribution is -1.97. The fourth-order valence-electron chi connectivity index (χ4n) is 1.19. The zero-order valence-corrected chi connectivity index (χ0v) is 10.6. The van der Waals surface area contributed by atoms with Gasteiger partial charge < -0.3 is 9.52 Å². The Kier molecular flexibility index (Phi) is 4.68. The second-order valence-electron chi connectivity index (χ2n) is 3.36. The zero-order valence-electron chi connectivity index (χ0n) is 8.46. The van der Waals surface area contributed by atoms with Crippen LogP contribution in [0.5, 0.6) is 0 Å². The number of hydrogen-bond acceptors (Lipinski definition) is 2. The monoisotopic (exact) mass is 306 g/mol. The van der Waals surface area contributed by atoms with Gasteiger partial charge in [0.05, 0.1) is 15.9 Å². The maximum absolute atomic E-state index is 9.84. The van der Waals surface area contributed by atoms with Crippen LogP contribution in [-0.4, -0.2) is 5.11 Å². The molecule has 1 N–H and O–H groups in total. The van der Waals surface area contributed by atoms with Crippen molar-refractivity contribution in [2.75, 3.05) is 0 Å². The molecular formula is C11H15IO2. The summed E-state index contributed by atoms with van der Waals surface area (Å²) < 4.78 is 6.01. The lowest BCUT2D eigenvalue weighted by atomic mass is 10.0. The van der Waals surface area contributed by atoms with Crippen LogP contribution in [0.15, 0.2) is 28.6 Å². The van der Waals surface area contributed by atoms with Crippen molar-refractivity contribution in [1.82, 2.24) is 0 Å². The molecule has 3 heteroatoms. The molecule has 14 heavy (non-hydrogen) atoms. The van der Waals surface area contributed by atoms with E-state index in [1.165, 1.54) is 5.57 Å². The molecule has 1 aromatic heterocycles. The first kappa shape index (κ1) is 11.8. The predicted octanol–water partition coefficient (Wildman–Crippen LogP) is 3.66. The van der Waals surface area contributed by atoms with Crippen LogP contribution in [-0.2, 0) is 0 Å². The second kappa shape index (κ2) is 5.56. The van der Waals surface area contributed by atoms with Crippen molar-refractivity contribution in [2.45, 2.75) is 32.8 Å². The third-order valence-corrected chi connectivity index (χ3v) is 3.18. The molecule has 0 fully saturated rings. The number of furan rings is 1. The van der Waals surface area contributed by atoms with E-state index in [2.05, 4.69) is 35.6 Å². The largest absolute Gasteiger partial charge is 0.471 e. The Morgan fingerprint density at radius 3 is 2.86 bits per heavy atom. The molecule has 0 saturated carbocycles. The van der Waals surface area contributed by atoms with Crippen LogP contribution >= 0.6 is 22.6 Å². The fourth-order valence-corrected chi connectivity index (χ4v) is 1.83. The molecule has 0 aliphatic heterocycles. The molecule has 78 valence electrons. The highest BCUT2D eigenvalue weighted by molar-refractivity contribution is 14.1. The summed E-state index contributed by atoms with van der Waals surface area (Å²) in [7, 11) is 0.